The van der Waals surface area contributed by atoms with Gasteiger partial charge in [-0.25, -0.2) is 0 Å². The van der Waals surface area contributed by atoms with Gasteiger partial charge in [-0.3, -0.25) is 4.98 Å². The number of aromatic hydroxyl groups is 1. The first-order chi connectivity index (χ1) is 13.4. The lowest BCUT2D eigenvalue weighted by Gasteiger charge is -2.28. The number of phenolic OH excluding ortho intramolecular Hbond substituents is 1. The lowest BCUT2D eigenvalue weighted by atomic mass is 9.98. The van der Waals surface area contributed by atoms with E-state index in [1.807, 2.05) is 41.3 Å². The Morgan fingerprint density at radius 2 is 1.82 bits per heavy atom. The van der Waals surface area contributed by atoms with Crippen molar-refractivity contribution in [2.75, 3.05) is 4.90 Å². The van der Waals surface area contributed by atoms with Gasteiger partial charge in [0.05, 0.1) is 23.5 Å². The molecule has 2 aromatic heterocycles. The van der Waals surface area contributed by atoms with Gasteiger partial charge >= 0.3 is 0 Å². The molecule has 144 valence electrons. The Labute approximate surface area is 170 Å². The van der Waals surface area contributed by atoms with E-state index in [9.17, 15) is 5.11 Å². The van der Waals surface area contributed by atoms with Gasteiger partial charge in [0.1, 0.15) is 5.75 Å². The second-order valence-electron chi connectivity index (χ2n) is 8.01. The zero-order chi connectivity index (χ0) is 19.9. The van der Waals surface area contributed by atoms with Crippen LogP contribution in [0.4, 0.5) is 5.69 Å². The van der Waals surface area contributed by atoms with Gasteiger partial charge in [0.2, 0.25) is 0 Å². The van der Waals surface area contributed by atoms with Crippen LogP contribution in [0.15, 0.2) is 67.1 Å². The molecule has 1 aromatic carbocycles. The fourth-order valence-electron chi connectivity index (χ4n) is 3.63. The van der Waals surface area contributed by atoms with Crippen molar-refractivity contribution in [1.29, 1.82) is 0 Å². The number of anilines is 1. The van der Waals surface area contributed by atoms with Gasteiger partial charge < -0.3 is 19.9 Å². The van der Waals surface area contributed by atoms with Crippen molar-refractivity contribution in [1.82, 2.24) is 14.9 Å². The quantitative estimate of drug-likeness (QED) is 0.642. The van der Waals surface area contributed by atoms with Crippen LogP contribution in [0.3, 0.4) is 0 Å². The normalized spacial score (nSPS) is 19.7. The number of hydrogen-bond donors (Lipinski definition) is 2. The van der Waals surface area contributed by atoms with E-state index < -0.39 is 0 Å². The molecular formula is C22H24N4OS. The van der Waals surface area contributed by atoms with Crippen molar-refractivity contribution in [3.05, 3.63) is 78.4 Å². The zero-order valence-electron chi connectivity index (χ0n) is 16.2. The van der Waals surface area contributed by atoms with Crippen molar-refractivity contribution in [2.24, 2.45) is 0 Å². The van der Waals surface area contributed by atoms with E-state index in [-0.39, 0.29) is 23.4 Å². The van der Waals surface area contributed by atoms with Crippen molar-refractivity contribution >= 4 is 23.0 Å². The average molecular weight is 393 g/mol. The summed E-state index contributed by atoms with van der Waals surface area (Å²) in [6, 6.07) is 15.0. The van der Waals surface area contributed by atoms with Gasteiger partial charge in [0, 0.05) is 24.1 Å². The molecule has 0 aliphatic carbocycles. The molecule has 1 aliphatic heterocycles. The number of hydrogen-bond acceptors (Lipinski definition) is 3. The number of nitrogens with one attached hydrogen (secondary N) is 1. The van der Waals surface area contributed by atoms with Crippen LogP contribution in [0.5, 0.6) is 5.75 Å². The molecule has 0 bridgehead atoms. The largest absolute Gasteiger partial charge is 0.506 e. The summed E-state index contributed by atoms with van der Waals surface area (Å²) in [5.41, 5.74) is 2.69. The predicted octanol–water partition coefficient (Wildman–Crippen LogP) is 4.52. The first kappa shape index (κ1) is 18.5. The lowest BCUT2D eigenvalue weighted by molar-refractivity contribution is 0.397. The van der Waals surface area contributed by atoms with Crippen LogP contribution < -0.4 is 10.2 Å². The second-order valence-corrected chi connectivity index (χ2v) is 8.39. The summed E-state index contributed by atoms with van der Waals surface area (Å²) in [4.78, 5) is 6.55. The van der Waals surface area contributed by atoms with E-state index in [1.165, 1.54) is 0 Å². The van der Waals surface area contributed by atoms with Crippen LogP contribution in [0.1, 0.15) is 44.1 Å². The molecule has 4 rings (SSSR count). The van der Waals surface area contributed by atoms with E-state index >= 15 is 0 Å². The highest BCUT2D eigenvalue weighted by molar-refractivity contribution is 7.80. The molecule has 0 saturated carbocycles. The summed E-state index contributed by atoms with van der Waals surface area (Å²) < 4.78 is 2.20. The topological polar surface area (TPSA) is 53.3 Å². The van der Waals surface area contributed by atoms with E-state index in [2.05, 4.69) is 54.1 Å². The SMILES string of the molecule is CC(C)(C)n1ccc(C2C(c3ccccn3)NC(=S)N2c2ccccc2O)c1. The van der Waals surface area contributed by atoms with Crippen molar-refractivity contribution in [2.45, 2.75) is 38.4 Å². The Hall–Kier alpha value is -2.86. The van der Waals surface area contributed by atoms with Crippen LogP contribution >= 0.6 is 12.2 Å². The smallest absolute Gasteiger partial charge is 0.174 e. The molecule has 2 atom stereocenters. The van der Waals surface area contributed by atoms with Crippen LogP contribution in [-0.2, 0) is 5.54 Å². The summed E-state index contributed by atoms with van der Waals surface area (Å²) in [6.07, 6.45) is 6.04. The summed E-state index contributed by atoms with van der Waals surface area (Å²) in [7, 11) is 0. The summed E-state index contributed by atoms with van der Waals surface area (Å²) >= 11 is 5.69. The fraction of sp³-hybridized carbons (Fsp3) is 0.273. The Kier molecular flexibility index (Phi) is 4.59. The van der Waals surface area contributed by atoms with E-state index in [1.54, 1.807) is 12.3 Å². The third kappa shape index (κ3) is 3.24. The highest BCUT2D eigenvalue weighted by Gasteiger charge is 2.42. The summed E-state index contributed by atoms with van der Waals surface area (Å²) in [5.74, 6) is 0.202. The van der Waals surface area contributed by atoms with Crippen LogP contribution in [0.2, 0.25) is 0 Å². The molecular weight excluding hydrogens is 368 g/mol. The molecule has 1 fully saturated rings. The number of nitrogens with zero attached hydrogens (tertiary/aromatic N) is 3. The summed E-state index contributed by atoms with van der Waals surface area (Å²) in [5, 5.41) is 14.5. The number of aromatic nitrogens is 2. The molecule has 6 heteroatoms. The maximum atomic E-state index is 10.5. The minimum Gasteiger partial charge on any atom is -0.506 e. The summed E-state index contributed by atoms with van der Waals surface area (Å²) in [6.45, 7) is 6.52. The molecule has 1 saturated heterocycles. The first-order valence-electron chi connectivity index (χ1n) is 9.33. The monoisotopic (exact) mass is 392 g/mol. The van der Waals surface area contributed by atoms with Gasteiger partial charge in [0.25, 0.3) is 0 Å². The van der Waals surface area contributed by atoms with Gasteiger partial charge in [0.15, 0.2) is 5.11 Å². The maximum Gasteiger partial charge on any atom is 0.174 e. The second kappa shape index (κ2) is 6.95. The van der Waals surface area contributed by atoms with Gasteiger partial charge in [-0.1, -0.05) is 18.2 Å². The molecule has 3 aromatic rings. The first-order valence-corrected chi connectivity index (χ1v) is 9.74. The molecule has 0 spiro atoms. The van der Waals surface area contributed by atoms with Gasteiger partial charge in [-0.05, 0) is 68.9 Å². The molecule has 5 nitrogen and oxygen atoms in total. The van der Waals surface area contributed by atoms with Crippen molar-refractivity contribution in [3.8, 4) is 5.75 Å². The average Bonchev–Trinajstić information content (AvgIpc) is 3.27. The molecule has 3 heterocycles. The number of rotatable bonds is 3. The minimum atomic E-state index is -0.126. The maximum absolute atomic E-state index is 10.5. The number of para-hydroxylation sites is 2. The van der Waals surface area contributed by atoms with Crippen molar-refractivity contribution < 1.29 is 5.11 Å². The van der Waals surface area contributed by atoms with Gasteiger partial charge in [-0.2, -0.15) is 0 Å². The molecule has 1 aliphatic rings. The van der Waals surface area contributed by atoms with Crippen molar-refractivity contribution in [3.63, 3.8) is 0 Å². The lowest BCUT2D eigenvalue weighted by Crippen LogP contribution is -2.29. The highest BCUT2D eigenvalue weighted by atomic mass is 32.1. The van der Waals surface area contributed by atoms with Crippen LogP contribution in [-0.4, -0.2) is 19.8 Å². The zero-order valence-corrected chi connectivity index (χ0v) is 17.0. The molecule has 2 unspecified atom stereocenters. The molecule has 2 N–H and O–H groups in total. The predicted molar refractivity (Wildman–Crippen MR) is 115 cm³/mol. The Morgan fingerprint density at radius 1 is 1.07 bits per heavy atom. The Morgan fingerprint density at radius 3 is 2.46 bits per heavy atom. The van der Waals surface area contributed by atoms with E-state index in [4.69, 9.17) is 12.2 Å². The van der Waals surface area contributed by atoms with Crippen LogP contribution in [0, 0.1) is 0 Å². The number of pyridine rings is 1. The van der Waals surface area contributed by atoms with E-state index in [0.717, 1.165) is 11.3 Å². The Balaban J connectivity index is 1.84. The standard InChI is InChI=1S/C22H24N4OS/c1-22(2,3)25-13-11-15(14-25)20-19(16-8-6-7-12-23-16)24-21(28)26(20)17-9-4-5-10-18(17)27/h4-14,19-20,27H,1-3H3,(H,24,28). The highest BCUT2D eigenvalue weighted by Crippen LogP contribution is 2.44. The van der Waals surface area contributed by atoms with E-state index in [0.29, 0.717) is 10.8 Å². The Bertz CT molecular complexity index is 993. The number of phenols is 1. The molecule has 28 heavy (non-hydrogen) atoms. The van der Waals surface area contributed by atoms with Crippen LogP contribution in [0.25, 0.3) is 0 Å². The molecule has 0 radical (unpaired) electrons. The van der Waals surface area contributed by atoms with Gasteiger partial charge in [-0.15, -0.1) is 0 Å². The fourth-order valence-corrected chi connectivity index (χ4v) is 3.97. The third-order valence-corrected chi connectivity index (χ3v) is 5.39. The minimum absolute atomic E-state index is 0.0228. The number of thiocarbonyl (C=S) groups is 1. The number of benzene rings is 1. The third-order valence-electron chi connectivity index (χ3n) is 5.07. The molecule has 0 amide bonds.